The topological polar surface area (TPSA) is 40.6 Å². The summed E-state index contributed by atoms with van der Waals surface area (Å²) in [6.45, 7) is 12.8. The Kier molecular flexibility index (Phi) is 69.5. The van der Waals surface area contributed by atoms with Crippen LogP contribution in [0.5, 0.6) is 0 Å². The highest BCUT2D eigenvalue weighted by Crippen LogP contribution is 2.20. The van der Waals surface area contributed by atoms with Gasteiger partial charge in [0.25, 0.3) is 0 Å². The molecule has 0 saturated heterocycles. The molecule has 0 aliphatic heterocycles. The summed E-state index contributed by atoms with van der Waals surface area (Å²) < 4.78 is 0. The van der Waals surface area contributed by atoms with Crippen LogP contribution < -0.4 is 0 Å². The highest BCUT2D eigenvalue weighted by Gasteiger charge is 2.19. The van der Waals surface area contributed by atoms with Gasteiger partial charge in [-0.15, -0.1) is 0 Å². The van der Waals surface area contributed by atoms with E-state index in [4.69, 9.17) is 0 Å². The Hall–Kier alpha value is -1.06. The number of rotatable bonds is 71. The summed E-state index contributed by atoms with van der Waals surface area (Å²) in [6.07, 6.45) is 88.6. The maximum absolute atomic E-state index is 14.0. The second-order valence-electron chi connectivity index (χ2n) is 26.5. The molecule has 0 rings (SSSR count). The fraction of sp³-hybridized carbons (Fsp3) is 0.974. The lowest BCUT2D eigenvalue weighted by Gasteiger charge is -2.25. The molecule has 478 valence electrons. The van der Waals surface area contributed by atoms with Gasteiger partial charge in [-0.25, -0.2) is 0 Å². The van der Waals surface area contributed by atoms with E-state index in [2.05, 4.69) is 37.5 Å². The zero-order valence-electron chi connectivity index (χ0n) is 56.2. The van der Waals surface area contributed by atoms with Crippen molar-refractivity contribution in [2.75, 3.05) is 26.2 Å². The second kappa shape index (κ2) is 70.4. The number of hydrogen-bond acceptors (Lipinski definition) is 2. The van der Waals surface area contributed by atoms with Crippen LogP contribution in [0.2, 0.25) is 0 Å². The molecule has 0 unspecified atom stereocenters. The van der Waals surface area contributed by atoms with Gasteiger partial charge in [0.1, 0.15) is 0 Å². The minimum atomic E-state index is 0.241. The van der Waals surface area contributed by atoms with Gasteiger partial charge in [-0.2, -0.15) is 0 Å². The van der Waals surface area contributed by atoms with Crippen LogP contribution in [-0.2, 0) is 9.59 Å². The summed E-state index contributed by atoms with van der Waals surface area (Å²) in [4.78, 5) is 32.5. The largest absolute Gasteiger partial charge is 0.343 e. The van der Waals surface area contributed by atoms with Crippen molar-refractivity contribution in [1.82, 2.24) is 9.80 Å². The molecule has 4 nitrogen and oxygen atoms in total. The molecule has 0 fully saturated rings. The van der Waals surface area contributed by atoms with Crippen LogP contribution in [0.4, 0.5) is 0 Å². The molecule has 4 heteroatoms. The van der Waals surface area contributed by atoms with Gasteiger partial charge in [0, 0.05) is 39.0 Å². The van der Waals surface area contributed by atoms with Gasteiger partial charge in [0.15, 0.2) is 0 Å². The lowest BCUT2D eigenvalue weighted by atomic mass is 10.0. The quantitative estimate of drug-likeness (QED) is 0.0570. The molecule has 0 atom stereocenters. The van der Waals surface area contributed by atoms with Crippen molar-refractivity contribution in [2.45, 2.75) is 451 Å². The lowest BCUT2D eigenvalue weighted by molar-refractivity contribution is -0.137. The molecule has 0 aromatic heterocycles. The van der Waals surface area contributed by atoms with Crippen LogP contribution in [0.25, 0.3) is 0 Å². The minimum Gasteiger partial charge on any atom is -0.343 e. The molecule has 80 heavy (non-hydrogen) atoms. The third-order valence-corrected chi connectivity index (χ3v) is 18.4. The van der Waals surface area contributed by atoms with Gasteiger partial charge < -0.3 is 9.80 Å². The van der Waals surface area contributed by atoms with Gasteiger partial charge in [-0.3, -0.25) is 9.59 Å². The molecule has 0 aromatic rings. The second-order valence-corrected chi connectivity index (χ2v) is 26.5. The van der Waals surface area contributed by atoms with Gasteiger partial charge in [0.05, 0.1) is 0 Å². The van der Waals surface area contributed by atoms with E-state index in [0.29, 0.717) is 12.8 Å². The number of unbranched alkanes of at least 4 members (excludes halogenated alkanes) is 60. The lowest BCUT2D eigenvalue weighted by Crippen LogP contribution is -2.36. The van der Waals surface area contributed by atoms with Crippen LogP contribution in [0.1, 0.15) is 451 Å². The maximum Gasteiger partial charge on any atom is 0.223 e. The maximum atomic E-state index is 14.0. The molecule has 2 amide bonds. The summed E-state index contributed by atoms with van der Waals surface area (Å²) in [5.41, 5.74) is 0. The Morgan fingerprint density at radius 1 is 0.163 bits per heavy atom. The third-order valence-electron chi connectivity index (χ3n) is 18.4. The van der Waals surface area contributed by atoms with Crippen LogP contribution in [-0.4, -0.2) is 47.8 Å². The molecule has 0 aliphatic carbocycles. The third kappa shape index (κ3) is 63.0. The molecule has 0 aliphatic rings. The summed E-state index contributed by atoms with van der Waals surface area (Å²) in [7, 11) is 0. The molecule has 0 N–H and O–H groups in total. The molecule has 0 heterocycles. The van der Waals surface area contributed by atoms with Crippen molar-refractivity contribution in [3.8, 4) is 0 Å². The highest BCUT2D eigenvalue weighted by molar-refractivity contribution is 5.83. The minimum absolute atomic E-state index is 0.241. The normalized spacial score (nSPS) is 11.6. The fourth-order valence-corrected chi connectivity index (χ4v) is 12.7. The Morgan fingerprint density at radius 2 is 0.263 bits per heavy atom. The predicted octanol–water partition coefficient (Wildman–Crippen LogP) is 26.5. The highest BCUT2D eigenvalue weighted by atomic mass is 16.2. The van der Waals surface area contributed by atoms with Crippen LogP contribution in [0.15, 0.2) is 0 Å². The standard InChI is InChI=1S/C76H152N2O2/c1-5-9-13-17-21-25-29-33-37-41-45-49-53-57-61-65-71-77(72-66-62-58-54-50-46-42-38-34-30-26-22-18-14-10-6-2)75(79)69-70-76(80)78(73-67-63-59-55-51-47-43-39-35-31-27-23-19-15-11-7-3)74-68-64-60-56-52-48-44-40-36-32-28-24-20-16-12-8-4/h5-74H2,1-4H3. The van der Waals surface area contributed by atoms with Crippen LogP contribution in [0.3, 0.4) is 0 Å². The van der Waals surface area contributed by atoms with E-state index >= 15 is 0 Å². The Balaban J connectivity index is 4.98. The number of nitrogens with zero attached hydrogens (tertiary/aromatic N) is 2. The van der Waals surface area contributed by atoms with Crippen molar-refractivity contribution in [3.63, 3.8) is 0 Å². The van der Waals surface area contributed by atoms with Gasteiger partial charge in [0.2, 0.25) is 11.8 Å². The Morgan fingerprint density at radius 3 is 0.375 bits per heavy atom. The van der Waals surface area contributed by atoms with Crippen molar-refractivity contribution in [3.05, 3.63) is 0 Å². The summed E-state index contributed by atoms with van der Waals surface area (Å²) in [5.74, 6) is 0.482. The average Bonchev–Trinajstić information content (AvgIpc) is 3.47. The van der Waals surface area contributed by atoms with E-state index < -0.39 is 0 Å². The van der Waals surface area contributed by atoms with E-state index in [9.17, 15) is 9.59 Å². The van der Waals surface area contributed by atoms with Crippen LogP contribution in [0, 0.1) is 0 Å². The molecular formula is C76H152N2O2. The summed E-state index contributed by atoms with van der Waals surface area (Å²) in [5, 5.41) is 0. The first kappa shape index (κ1) is 78.9. The predicted molar refractivity (Wildman–Crippen MR) is 361 cm³/mol. The zero-order valence-corrected chi connectivity index (χ0v) is 56.2. The van der Waals surface area contributed by atoms with E-state index in [-0.39, 0.29) is 11.8 Å². The molecule has 0 spiro atoms. The first-order valence-corrected chi connectivity index (χ1v) is 38.2. The molecular weight excluding hydrogens is 973 g/mol. The monoisotopic (exact) mass is 1130 g/mol. The smallest absolute Gasteiger partial charge is 0.223 e. The summed E-state index contributed by atoms with van der Waals surface area (Å²) in [6, 6.07) is 0. The molecule has 0 bridgehead atoms. The van der Waals surface area contributed by atoms with E-state index in [1.54, 1.807) is 0 Å². The number of carbonyl (C=O) groups excluding carboxylic acids is 2. The Labute approximate surface area is 506 Å². The molecule has 0 aromatic carbocycles. The fourth-order valence-electron chi connectivity index (χ4n) is 12.7. The number of amides is 2. The zero-order chi connectivity index (χ0) is 57.8. The van der Waals surface area contributed by atoms with Crippen molar-refractivity contribution >= 4 is 11.8 Å². The first-order valence-electron chi connectivity index (χ1n) is 38.2. The number of hydrogen-bond donors (Lipinski definition) is 0. The van der Waals surface area contributed by atoms with Crippen molar-refractivity contribution < 1.29 is 9.59 Å². The number of carbonyl (C=O) groups is 2. The van der Waals surface area contributed by atoms with Crippen molar-refractivity contribution in [1.29, 1.82) is 0 Å². The van der Waals surface area contributed by atoms with Crippen molar-refractivity contribution in [2.24, 2.45) is 0 Å². The molecule has 0 saturated carbocycles. The SMILES string of the molecule is CCCCCCCCCCCCCCCCCCN(CCCCCCCCCCCCCCCCCC)C(=O)CCC(=O)N(CCCCCCCCCCCCCCCCCC)CCCCCCCCCCCCCCCCCC. The van der Waals surface area contributed by atoms with E-state index in [1.807, 2.05) is 0 Å². The van der Waals surface area contributed by atoms with E-state index in [0.717, 1.165) is 51.9 Å². The first-order chi connectivity index (χ1) is 39.6. The molecule has 0 radical (unpaired) electrons. The van der Waals surface area contributed by atoms with Gasteiger partial charge in [-0.05, 0) is 25.7 Å². The Bertz CT molecular complexity index is 996. The average molecular weight is 1130 g/mol. The van der Waals surface area contributed by atoms with Gasteiger partial charge in [-0.1, -0.05) is 413 Å². The summed E-state index contributed by atoms with van der Waals surface area (Å²) >= 11 is 0. The van der Waals surface area contributed by atoms with Gasteiger partial charge >= 0.3 is 0 Å². The van der Waals surface area contributed by atoms with Crippen LogP contribution >= 0.6 is 0 Å². The van der Waals surface area contributed by atoms with E-state index in [1.165, 1.54) is 385 Å².